The summed E-state index contributed by atoms with van der Waals surface area (Å²) in [5, 5.41) is 3.94. The third-order valence-electron chi connectivity index (χ3n) is 6.14. The summed E-state index contributed by atoms with van der Waals surface area (Å²) in [5.41, 5.74) is 1.42. The zero-order valence-corrected chi connectivity index (χ0v) is 24.0. The Labute approximate surface area is 228 Å². The van der Waals surface area contributed by atoms with Crippen molar-refractivity contribution in [2.75, 3.05) is 0 Å². The summed E-state index contributed by atoms with van der Waals surface area (Å²) >= 11 is 1.53. The van der Waals surface area contributed by atoms with Crippen LogP contribution in [0.5, 0.6) is 0 Å². The van der Waals surface area contributed by atoms with Crippen LogP contribution in [0.15, 0.2) is 48.0 Å². The predicted molar refractivity (Wildman–Crippen MR) is 148 cm³/mol. The Bertz CT molecular complexity index is 1360. The van der Waals surface area contributed by atoms with E-state index in [4.69, 9.17) is 9.72 Å². The number of carbonyl (C=O) groups excluding carboxylic acids is 1. The lowest BCUT2D eigenvalue weighted by Crippen LogP contribution is -2.40. The first-order valence-electron chi connectivity index (χ1n) is 12.8. The zero-order chi connectivity index (χ0) is 27.5. The molecule has 0 radical (unpaired) electrons. The summed E-state index contributed by atoms with van der Waals surface area (Å²) in [6.45, 7) is 9.11. The van der Waals surface area contributed by atoms with Crippen molar-refractivity contribution < 1.29 is 17.9 Å². The predicted octanol–water partition coefficient (Wildman–Crippen LogP) is 5.50. The maximum atomic E-state index is 13.5. The zero-order valence-electron chi connectivity index (χ0n) is 22.4. The number of benzene rings is 1. The molecule has 0 bridgehead atoms. The van der Waals surface area contributed by atoms with Gasteiger partial charge in [-0.05, 0) is 71.9 Å². The topological polar surface area (TPSA) is 123 Å². The molecular weight excluding hydrogens is 522 g/mol. The van der Waals surface area contributed by atoms with E-state index >= 15 is 0 Å². The molecule has 1 aliphatic rings. The fraction of sp³-hybridized carbons (Fsp3) is 0.481. The summed E-state index contributed by atoms with van der Waals surface area (Å²) < 4.78 is 35.0. The maximum absolute atomic E-state index is 13.5. The first kappa shape index (κ1) is 28.1. The lowest BCUT2D eigenvalue weighted by molar-refractivity contribution is 0.109. The summed E-state index contributed by atoms with van der Waals surface area (Å²) in [6, 6.07) is 5.48. The van der Waals surface area contributed by atoms with Gasteiger partial charge >= 0.3 is 6.09 Å². The van der Waals surface area contributed by atoms with E-state index in [9.17, 15) is 13.2 Å². The van der Waals surface area contributed by atoms with Crippen LogP contribution in [0.2, 0.25) is 0 Å². The Kier molecular flexibility index (Phi) is 8.49. The average molecular weight is 558 g/mol. The Morgan fingerprint density at radius 3 is 2.37 bits per heavy atom. The SMILES string of the molecule is CC(C)OC(=O)NC1CCC(c2ncc(-c3ccc(-c4cncnc4)cc3S(=O)(=O)NC(C)(C)C)s2)CC1. The smallest absolute Gasteiger partial charge is 0.407 e. The molecule has 3 aromatic rings. The molecule has 1 amide bonds. The molecule has 11 heteroatoms. The standard InChI is InChI=1S/C27H35N5O4S2/c1-17(2)36-26(33)31-21-9-6-18(7-10-21)25-30-15-23(37-25)22-11-8-19(20-13-28-16-29-14-20)12-24(22)38(34,35)32-27(3,4)5/h8,11-18,21,32H,6-7,9-10H2,1-5H3,(H,31,33). The van der Waals surface area contributed by atoms with Crippen molar-refractivity contribution in [3.8, 4) is 21.6 Å². The number of carbonyl (C=O) groups is 1. The number of nitrogens with zero attached hydrogens (tertiary/aromatic N) is 3. The second-order valence-corrected chi connectivity index (χ2v) is 13.6. The van der Waals surface area contributed by atoms with E-state index in [-0.39, 0.29) is 29.1 Å². The van der Waals surface area contributed by atoms with Gasteiger partial charge in [0.05, 0.1) is 20.9 Å². The molecule has 9 nitrogen and oxygen atoms in total. The maximum Gasteiger partial charge on any atom is 0.407 e. The van der Waals surface area contributed by atoms with E-state index in [2.05, 4.69) is 20.0 Å². The third-order valence-corrected chi connectivity index (χ3v) is 9.13. The van der Waals surface area contributed by atoms with Gasteiger partial charge < -0.3 is 10.1 Å². The highest BCUT2D eigenvalue weighted by Crippen LogP contribution is 2.40. The number of thiazole rings is 1. The van der Waals surface area contributed by atoms with Gasteiger partial charge in [0, 0.05) is 47.2 Å². The number of hydrogen-bond donors (Lipinski definition) is 2. The summed E-state index contributed by atoms with van der Waals surface area (Å²) in [4.78, 5) is 25.8. The van der Waals surface area contributed by atoms with Crippen molar-refractivity contribution in [3.05, 3.63) is 48.1 Å². The highest BCUT2D eigenvalue weighted by Gasteiger charge is 2.29. The number of amides is 1. The van der Waals surface area contributed by atoms with Gasteiger partial charge in [-0.3, -0.25) is 0 Å². The molecule has 0 unspecified atom stereocenters. The van der Waals surface area contributed by atoms with Crippen LogP contribution in [-0.2, 0) is 14.8 Å². The van der Waals surface area contributed by atoms with E-state index in [1.54, 1.807) is 24.7 Å². The van der Waals surface area contributed by atoms with Crippen LogP contribution in [0.4, 0.5) is 4.79 Å². The Balaban J connectivity index is 1.58. The number of rotatable bonds is 7. The van der Waals surface area contributed by atoms with Crippen LogP contribution in [0.25, 0.3) is 21.6 Å². The molecule has 4 rings (SSSR count). The molecule has 2 heterocycles. The van der Waals surface area contributed by atoms with Gasteiger partial charge in [-0.25, -0.2) is 32.9 Å². The number of hydrogen-bond acceptors (Lipinski definition) is 8. The molecule has 38 heavy (non-hydrogen) atoms. The number of nitrogens with one attached hydrogen (secondary N) is 2. The van der Waals surface area contributed by atoms with E-state index < -0.39 is 15.6 Å². The van der Waals surface area contributed by atoms with Crippen molar-refractivity contribution in [2.45, 2.75) is 88.8 Å². The quantitative estimate of drug-likeness (QED) is 0.393. The molecule has 2 N–H and O–H groups in total. The Morgan fingerprint density at radius 2 is 1.74 bits per heavy atom. The number of alkyl carbamates (subject to hydrolysis) is 1. The number of aromatic nitrogens is 3. The molecule has 0 saturated heterocycles. The monoisotopic (exact) mass is 557 g/mol. The van der Waals surface area contributed by atoms with E-state index in [1.807, 2.05) is 46.8 Å². The fourth-order valence-corrected chi connectivity index (χ4v) is 7.39. The molecule has 1 aromatic carbocycles. The molecule has 0 spiro atoms. The molecule has 1 fully saturated rings. The first-order valence-corrected chi connectivity index (χ1v) is 15.1. The largest absolute Gasteiger partial charge is 0.447 e. The molecule has 204 valence electrons. The van der Waals surface area contributed by atoms with Crippen molar-refractivity contribution in [1.82, 2.24) is 25.0 Å². The van der Waals surface area contributed by atoms with Gasteiger partial charge in [0.25, 0.3) is 0 Å². The van der Waals surface area contributed by atoms with Crippen molar-refractivity contribution in [2.24, 2.45) is 0 Å². The summed E-state index contributed by atoms with van der Waals surface area (Å²) in [7, 11) is -3.83. The Morgan fingerprint density at radius 1 is 1.05 bits per heavy atom. The molecule has 0 atom stereocenters. The molecule has 2 aromatic heterocycles. The molecule has 0 aliphatic heterocycles. The summed E-state index contributed by atoms with van der Waals surface area (Å²) in [5.74, 6) is 0.265. The normalized spacial score (nSPS) is 18.4. The second kappa shape index (κ2) is 11.5. The van der Waals surface area contributed by atoms with Crippen LogP contribution < -0.4 is 10.0 Å². The highest BCUT2D eigenvalue weighted by molar-refractivity contribution is 7.89. The van der Waals surface area contributed by atoms with Crippen molar-refractivity contribution in [1.29, 1.82) is 0 Å². The van der Waals surface area contributed by atoms with Crippen LogP contribution >= 0.6 is 11.3 Å². The lowest BCUT2D eigenvalue weighted by atomic mass is 9.86. The van der Waals surface area contributed by atoms with E-state index in [0.29, 0.717) is 5.56 Å². The molecule has 1 saturated carbocycles. The van der Waals surface area contributed by atoms with Gasteiger partial charge in [0.1, 0.15) is 6.33 Å². The van der Waals surface area contributed by atoms with Gasteiger partial charge in [-0.1, -0.05) is 12.1 Å². The highest BCUT2D eigenvalue weighted by atomic mass is 32.2. The summed E-state index contributed by atoms with van der Waals surface area (Å²) in [6.07, 6.45) is 9.48. The lowest BCUT2D eigenvalue weighted by Gasteiger charge is -2.28. The van der Waals surface area contributed by atoms with Crippen molar-refractivity contribution >= 4 is 27.5 Å². The van der Waals surface area contributed by atoms with Crippen LogP contribution in [0.3, 0.4) is 0 Å². The van der Waals surface area contributed by atoms with Gasteiger partial charge in [0.15, 0.2) is 0 Å². The van der Waals surface area contributed by atoms with Crippen LogP contribution in [0.1, 0.15) is 71.2 Å². The van der Waals surface area contributed by atoms with E-state index in [1.165, 1.54) is 17.7 Å². The minimum atomic E-state index is -3.83. The van der Waals surface area contributed by atoms with Gasteiger partial charge in [-0.15, -0.1) is 11.3 Å². The Hall–Kier alpha value is -2.89. The number of ether oxygens (including phenoxy) is 1. The van der Waals surface area contributed by atoms with Gasteiger partial charge in [-0.2, -0.15) is 0 Å². The first-order chi connectivity index (χ1) is 17.9. The van der Waals surface area contributed by atoms with Crippen LogP contribution in [-0.4, -0.2) is 47.1 Å². The molecular formula is C27H35N5O4S2. The van der Waals surface area contributed by atoms with E-state index in [0.717, 1.165) is 46.7 Å². The minimum Gasteiger partial charge on any atom is -0.447 e. The molecule has 1 aliphatic carbocycles. The second-order valence-electron chi connectivity index (χ2n) is 10.9. The minimum absolute atomic E-state index is 0.0895. The number of sulfonamides is 1. The van der Waals surface area contributed by atoms with Crippen LogP contribution in [0, 0.1) is 0 Å². The van der Waals surface area contributed by atoms with Gasteiger partial charge in [0.2, 0.25) is 10.0 Å². The average Bonchev–Trinajstić information content (AvgIpc) is 3.33. The van der Waals surface area contributed by atoms with Crippen molar-refractivity contribution in [3.63, 3.8) is 0 Å². The fourth-order valence-electron chi connectivity index (χ4n) is 4.53. The third kappa shape index (κ3) is 7.15.